The Balaban J connectivity index is 2.86. The molecule has 3 nitrogen and oxygen atoms in total. The summed E-state index contributed by atoms with van der Waals surface area (Å²) in [5, 5.41) is 2.75. The maximum absolute atomic E-state index is 11.3. The zero-order valence-electron chi connectivity index (χ0n) is 10.3. The fraction of sp³-hybridized carbons (Fsp3) is 0.462. The van der Waals surface area contributed by atoms with Gasteiger partial charge in [0.15, 0.2) is 0 Å². The first-order valence-corrected chi connectivity index (χ1v) is 5.59. The van der Waals surface area contributed by atoms with Crippen molar-refractivity contribution >= 4 is 11.8 Å². The van der Waals surface area contributed by atoms with Crippen LogP contribution in [0.3, 0.4) is 0 Å². The van der Waals surface area contributed by atoms with Gasteiger partial charge in [0.2, 0.25) is 0 Å². The van der Waals surface area contributed by atoms with Gasteiger partial charge < -0.3 is 4.74 Å². The molecule has 0 saturated heterocycles. The van der Waals surface area contributed by atoms with Crippen LogP contribution in [0.2, 0.25) is 0 Å². The lowest BCUT2D eigenvalue weighted by Gasteiger charge is -2.12. The van der Waals surface area contributed by atoms with E-state index in [9.17, 15) is 4.79 Å². The van der Waals surface area contributed by atoms with Crippen molar-refractivity contribution in [3.8, 4) is 0 Å². The summed E-state index contributed by atoms with van der Waals surface area (Å²) < 4.78 is 4.85. The molecule has 0 atom stereocenters. The molecule has 0 spiro atoms. The van der Waals surface area contributed by atoms with E-state index >= 15 is 0 Å². The molecule has 88 valence electrons. The molecule has 1 N–H and O–H groups in total. The number of hydrogen-bond acceptors (Lipinski definition) is 2. The van der Waals surface area contributed by atoms with Crippen molar-refractivity contribution < 1.29 is 9.53 Å². The summed E-state index contributed by atoms with van der Waals surface area (Å²) >= 11 is 0. The normalized spacial score (nSPS) is 10.3. The van der Waals surface area contributed by atoms with Gasteiger partial charge in [-0.15, -0.1) is 0 Å². The topological polar surface area (TPSA) is 38.3 Å². The number of hydrogen-bond donors (Lipinski definition) is 1. The van der Waals surface area contributed by atoms with Crippen LogP contribution in [0.1, 0.15) is 37.8 Å². The number of amides is 1. The third-order valence-electron chi connectivity index (χ3n) is 2.44. The maximum atomic E-state index is 11.3. The van der Waals surface area contributed by atoms with Gasteiger partial charge in [-0.1, -0.05) is 26.0 Å². The minimum absolute atomic E-state index is 0.384. The molecule has 0 aliphatic carbocycles. The molecule has 1 aromatic rings. The molecule has 0 aliphatic heterocycles. The summed E-state index contributed by atoms with van der Waals surface area (Å²) in [7, 11) is 0. The minimum Gasteiger partial charge on any atom is -0.450 e. The van der Waals surface area contributed by atoms with Crippen molar-refractivity contribution in [3.63, 3.8) is 0 Å². The molecule has 0 aliphatic rings. The lowest BCUT2D eigenvalue weighted by molar-refractivity contribution is 0.168. The highest BCUT2D eigenvalue weighted by Gasteiger charge is 2.07. The highest BCUT2D eigenvalue weighted by Crippen LogP contribution is 2.22. The van der Waals surface area contributed by atoms with E-state index in [0.717, 1.165) is 11.3 Å². The highest BCUT2D eigenvalue weighted by atomic mass is 16.5. The van der Waals surface area contributed by atoms with Crippen LogP contribution in [0.25, 0.3) is 0 Å². The van der Waals surface area contributed by atoms with E-state index in [4.69, 9.17) is 4.74 Å². The monoisotopic (exact) mass is 221 g/mol. The quantitative estimate of drug-likeness (QED) is 0.845. The average Bonchev–Trinajstić information content (AvgIpc) is 2.21. The fourth-order valence-corrected chi connectivity index (χ4v) is 1.41. The Labute approximate surface area is 96.8 Å². The van der Waals surface area contributed by atoms with E-state index in [1.54, 1.807) is 6.92 Å². The van der Waals surface area contributed by atoms with Crippen molar-refractivity contribution in [2.75, 3.05) is 11.9 Å². The molecule has 3 heteroatoms. The molecule has 0 heterocycles. The maximum Gasteiger partial charge on any atom is 0.411 e. The Bertz CT molecular complexity index is 372. The van der Waals surface area contributed by atoms with E-state index in [2.05, 4.69) is 25.2 Å². The highest BCUT2D eigenvalue weighted by molar-refractivity contribution is 5.85. The predicted molar refractivity (Wildman–Crippen MR) is 65.9 cm³/mol. The first-order valence-electron chi connectivity index (χ1n) is 5.59. The van der Waals surface area contributed by atoms with Gasteiger partial charge in [0.05, 0.1) is 6.61 Å². The van der Waals surface area contributed by atoms with E-state index in [-0.39, 0.29) is 0 Å². The number of carbonyl (C=O) groups is 1. The lowest BCUT2D eigenvalue weighted by Crippen LogP contribution is -2.14. The number of rotatable bonds is 3. The third kappa shape index (κ3) is 3.26. The van der Waals surface area contributed by atoms with Crippen LogP contribution in [-0.2, 0) is 4.74 Å². The molecule has 0 fully saturated rings. The van der Waals surface area contributed by atoms with Crippen molar-refractivity contribution in [3.05, 3.63) is 29.3 Å². The molecule has 16 heavy (non-hydrogen) atoms. The molecule has 0 unspecified atom stereocenters. The summed E-state index contributed by atoms with van der Waals surface area (Å²) in [6.45, 7) is 8.38. The Morgan fingerprint density at radius 1 is 1.44 bits per heavy atom. The number of ether oxygens (including phenoxy) is 1. The zero-order valence-corrected chi connectivity index (χ0v) is 10.3. The minimum atomic E-state index is -0.397. The van der Waals surface area contributed by atoms with Crippen LogP contribution in [-0.4, -0.2) is 12.7 Å². The summed E-state index contributed by atoms with van der Waals surface area (Å²) in [5.74, 6) is 0.448. The van der Waals surface area contributed by atoms with Gasteiger partial charge in [-0.25, -0.2) is 4.79 Å². The number of benzene rings is 1. The second-order valence-corrected chi connectivity index (χ2v) is 4.07. The second-order valence-electron chi connectivity index (χ2n) is 4.07. The van der Waals surface area contributed by atoms with Crippen molar-refractivity contribution in [2.24, 2.45) is 0 Å². The van der Waals surface area contributed by atoms with Crippen LogP contribution in [0.4, 0.5) is 10.5 Å². The van der Waals surface area contributed by atoms with Crippen LogP contribution >= 0.6 is 0 Å². The standard InChI is InChI=1S/C13H19NO2/c1-5-16-13(15)14-12-8-11(9(2)3)7-6-10(12)4/h6-9H,5H2,1-4H3,(H,14,15). The summed E-state index contributed by atoms with van der Waals surface area (Å²) in [4.78, 5) is 11.3. The van der Waals surface area contributed by atoms with Crippen LogP contribution in [0.5, 0.6) is 0 Å². The molecular formula is C13H19NO2. The smallest absolute Gasteiger partial charge is 0.411 e. The number of carbonyl (C=O) groups excluding carboxylic acids is 1. The largest absolute Gasteiger partial charge is 0.450 e. The lowest BCUT2D eigenvalue weighted by atomic mass is 10.0. The summed E-state index contributed by atoms with van der Waals surface area (Å²) in [6.07, 6.45) is -0.397. The summed E-state index contributed by atoms with van der Waals surface area (Å²) in [5.41, 5.74) is 3.07. The molecular weight excluding hydrogens is 202 g/mol. The SMILES string of the molecule is CCOC(=O)Nc1cc(C(C)C)ccc1C. The van der Waals surface area contributed by atoms with Gasteiger partial charge in [-0.2, -0.15) is 0 Å². The van der Waals surface area contributed by atoms with Gasteiger partial charge >= 0.3 is 6.09 Å². The molecule has 1 amide bonds. The van der Waals surface area contributed by atoms with E-state index in [1.165, 1.54) is 5.56 Å². The molecule has 0 radical (unpaired) electrons. The number of aryl methyl sites for hydroxylation is 1. The molecule has 1 rings (SSSR count). The molecule has 0 bridgehead atoms. The van der Waals surface area contributed by atoms with E-state index < -0.39 is 6.09 Å². The van der Waals surface area contributed by atoms with Gasteiger partial charge in [-0.3, -0.25) is 5.32 Å². The van der Waals surface area contributed by atoms with Crippen LogP contribution < -0.4 is 5.32 Å². The third-order valence-corrected chi connectivity index (χ3v) is 2.44. The van der Waals surface area contributed by atoms with Crippen LogP contribution in [0.15, 0.2) is 18.2 Å². The second kappa shape index (κ2) is 5.54. The van der Waals surface area contributed by atoms with E-state index in [1.807, 2.05) is 19.1 Å². The summed E-state index contributed by atoms with van der Waals surface area (Å²) in [6, 6.07) is 6.09. The van der Waals surface area contributed by atoms with Gasteiger partial charge in [0, 0.05) is 5.69 Å². The molecule has 1 aromatic carbocycles. The van der Waals surface area contributed by atoms with Crippen molar-refractivity contribution in [1.29, 1.82) is 0 Å². The number of nitrogens with one attached hydrogen (secondary N) is 1. The molecule has 0 aromatic heterocycles. The van der Waals surface area contributed by atoms with Crippen molar-refractivity contribution in [1.82, 2.24) is 0 Å². The Hall–Kier alpha value is -1.51. The Kier molecular flexibility index (Phi) is 4.35. The Morgan fingerprint density at radius 2 is 2.12 bits per heavy atom. The fourth-order valence-electron chi connectivity index (χ4n) is 1.41. The van der Waals surface area contributed by atoms with Gasteiger partial charge in [0.1, 0.15) is 0 Å². The molecule has 0 saturated carbocycles. The zero-order chi connectivity index (χ0) is 12.1. The van der Waals surface area contributed by atoms with E-state index in [0.29, 0.717) is 12.5 Å². The van der Waals surface area contributed by atoms with Crippen LogP contribution in [0, 0.1) is 6.92 Å². The Morgan fingerprint density at radius 3 is 2.69 bits per heavy atom. The first-order chi connectivity index (χ1) is 7.54. The van der Waals surface area contributed by atoms with Gasteiger partial charge in [0.25, 0.3) is 0 Å². The average molecular weight is 221 g/mol. The number of anilines is 1. The van der Waals surface area contributed by atoms with Crippen molar-refractivity contribution in [2.45, 2.75) is 33.6 Å². The first kappa shape index (κ1) is 12.6. The van der Waals surface area contributed by atoms with Gasteiger partial charge in [-0.05, 0) is 37.0 Å². The predicted octanol–water partition coefficient (Wildman–Crippen LogP) is 3.69.